The third kappa shape index (κ3) is 4.50. The second-order valence-electron chi connectivity index (χ2n) is 4.78. The number of carbonyl (C=O) groups excluding carboxylic acids is 1. The third-order valence-corrected chi connectivity index (χ3v) is 4.29. The van der Waals surface area contributed by atoms with E-state index < -0.39 is 38.5 Å². The SMILES string of the molecule is CCOC(=O)c1ccc(S(=O)(=O)Oc2ccccc2C(F)(F)F)cc1. The van der Waals surface area contributed by atoms with Gasteiger partial charge in [-0.1, -0.05) is 12.1 Å². The molecule has 0 aliphatic heterocycles. The molecule has 0 unspecified atom stereocenters. The highest BCUT2D eigenvalue weighted by molar-refractivity contribution is 7.87. The Morgan fingerprint density at radius 1 is 1.04 bits per heavy atom. The maximum atomic E-state index is 12.9. The van der Waals surface area contributed by atoms with Gasteiger partial charge in [0.05, 0.1) is 17.7 Å². The smallest absolute Gasteiger partial charge is 0.420 e. The lowest BCUT2D eigenvalue weighted by Crippen LogP contribution is -2.14. The van der Waals surface area contributed by atoms with E-state index in [1.54, 1.807) is 6.92 Å². The summed E-state index contributed by atoms with van der Waals surface area (Å²) in [6.45, 7) is 1.76. The van der Waals surface area contributed by atoms with Crippen molar-refractivity contribution in [2.24, 2.45) is 0 Å². The number of alkyl halides is 3. The van der Waals surface area contributed by atoms with Gasteiger partial charge >= 0.3 is 22.3 Å². The number of para-hydroxylation sites is 1. The summed E-state index contributed by atoms with van der Waals surface area (Å²) in [5, 5.41) is 0. The molecule has 25 heavy (non-hydrogen) atoms. The monoisotopic (exact) mass is 374 g/mol. The molecule has 5 nitrogen and oxygen atoms in total. The molecule has 0 N–H and O–H groups in total. The molecule has 0 atom stereocenters. The Kier molecular flexibility index (Phi) is 5.36. The molecule has 0 spiro atoms. The van der Waals surface area contributed by atoms with Crippen LogP contribution in [-0.4, -0.2) is 21.0 Å². The van der Waals surface area contributed by atoms with Crippen LogP contribution in [0.4, 0.5) is 13.2 Å². The average Bonchev–Trinajstić information content (AvgIpc) is 2.54. The van der Waals surface area contributed by atoms with E-state index in [-0.39, 0.29) is 12.2 Å². The van der Waals surface area contributed by atoms with Gasteiger partial charge < -0.3 is 8.92 Å². The molecular formula is C16H13F3O5S. The predicted molar refractivity (Wildman–Crippen MR) is 81.7 cm³/mol. The molecule has 0 saturated heterocycles. The molecule has 2 aromatic carbocycles. The lowest BCUT2D eigenvalue weighted by atomic mass is 10.2. The number of hydrogen-bond acceptors (Lipinski definition) is 5. The molecule has 0 fully saturated rings. The highest BCUT2D eigenvalue weighted by Gasteiger charge is 2.35. The number of rotatable bonds is 5. The third-order valence-electron chi connectivity index (χ3n) is 3.05. The van der Waals surface area contributed by atoms with Crippen molar-refractivity contribution in [2.75, 3.05) is 6.61 Å². The first-order valence-corrected chi connectivity index (χ1v) is 8.44. The van der Waals surface area contributed by atoms with E-state index in [2.05, 4.69) is 4.18 Å². The Labute approximate surface area is 142 Å². The number of halogens is 3. The summed E-state index contributed by atoms with van der Waals surface area (Å²) in [5.74, 6) is -1.47. The zero-order valence-corrected chi connectivity index (χ0v) is 13.7. The first-order chi connectivity index (χ1) is 11.6. The van der Waals surface area contributed by atoms with Crippen molar-refractivity contribution in [1.82, 2.24) is 0 Å². The van der Waals surface area contributed by atoms with Gasteiger partial charge in [-0.05, 0) is 43.3 Å². The van der Waals surface area contributed by atoms with Crippen molar-refractivity contribution in [3.05, 3.63) is 59.7 Å². The zero-order chi connectivity index (χ0) is 18.7. The van der Waals surface area contributed by atoms with Gasteiger partial charge in [-0.15, -0.1) is 0 Å². The van der Waals surface area contributed by atoms with Crippen molar-refractivity contribution in [2.45, 2.75) is 18.0 Å². The van der Waals surface area contributed by atoms with Crippen LogP contribution in [0.1, 0.15) is 22.8 Å². The van der Waals surface area contributed by atoms with Crippen molar-refractivity contribution in [3.63, 3.8) is 0 Å². The van der Waals surface area contributed by atoms with E-state index in [9.17, 15) is 26.4 Å². The van der Waals surface area contributed by atoms with Crippen LogP contribution in [0.15, 0.2) is 53.4 Å². The van der Waals surface area contributed by atoms with Gasteiger partial charge in [0.15, 0.2) is 5.75 Å². The highest BCUT2D eigenvalue weighted by Crippen LogP contribution is 2.37. The van der Waals surface area contributed by atoms with Crippen molar-refractivity contribution in [3.8, 4) is 5.75 Å². The Morgan fingerprint density at radius 3 is 2.20 bits per heavy atom. The number of ether oxygens (including phenoxy) is 1. The van der Waals surface area contributed by atoms with E-state index in [1.807, 2.05) is 0 Å². The predicted octanol–water partition coefficient (Wildman–Crippen LogP) is 3.65. The van der Waals surface area contributed by atoms with Crippen molar-refractivity contribution in [1.29, 1.82) is 0 Å². The lowest BCUT2D eigenvalue weighted by Gasteiger charge is -2.13. The van der Waals surface area contributed by atoms with E-state index in [4.69, 9.17) is 4.74 Å². The summed E-state index contributed by atoms with van der Waals surface area (Å²) in [6.07, 6.45) is -4.76. The molecule has 0 aromatic heterocycles. The largest absolute Gasteiger partial charge is 0.462 e. The van der Waals surface area contributed by atoms with Crippen LogP contribution >= 0.6 is 0 Å². The minimum absolute atomic E-state index is 0.108. The Bertz CT molecular complexity index is 858. The Balaban J connectivity index is 2.30. The number of carbonyl (C=O) groups is 1. The van der Waals surface area contributed by atoms with Gasteiger partial charge in [-0.3, -0.25) is 0 Å². The summed E-state index contributed by atoms with van der Waals surface area (Å²) < 4.78 is 72.5. The van der Waals surface area contributed by atoms with Crippen LogP contribution in [0, 0.1) is 0 Å². The highest BCUT2D eigenvalue weighted by atomic mass is 32.2. The molecule has 0 saturated carbocycles. The second-order valence-corrected chi connectivity index (χ2v) is 6.32. The summed E-state index contributed by atoms with van der Waals surface area (Å²) in [4.78, 5) is 11.1. The molecule has 0 aliphatic carbocycles. The van der Waals surface area contributed by atoms with E-state index in [0.29, 0.717) is 6.07 Å². The van der Waals surface area contributed by atoms with Crippen LogP contribution in [0.3, 0.4) is 0 Å². The normalized spacial score (nSPS) is 11.8. The topological polar surface area (TPSA) is 69.7 Å². The van der Waals surface area contributed by atoms with Crippen LogP contribution in [0.25, 0.3) is 0 Å². The van der Waals surface area contributed by atoms with Crippen molar-refractivity contribution >= 4 is 16.1 Å². The van der Waals surface area contributed by atoms with E-state index in [1.165, 1.54) is 18.2 Å². The van der Waals surface area contributed by atoms with Crippen LogP contribution in [0.2, 0.25) is 0 Å². The van der Waals surface area contributed by atoms with Gasteiger partial charge in [0.2, 0.25) is 0 Å². The molecule has 0 heterocycles. The number of esters is 1. The summed E-state index contributed by atoms with van der Waals surface area (Å²) in [5.41, 5.74) is -1.10. The molecule has 2 aromatic rings. The molecule has 134 valence electrons. The van der Waals surface area contributed by atoms with Crippen LogP contribution in [-0.2, 0) is 21.0 Å². The number of hydrogen-bond donors (Lipinski definition) is 0. The minimum Gasteiger partial charge on any atom is -0.462 e. The fourth-order valence-corrected chi connectivity index (χ4v) is 2.86. The summed E-state index contributed by atoms with van der Waals surface area (Å²) in [6, 6.07) is 8.45. The molecular weight excluding hydrogens is 361 g/mol. The fourth-order valence-electron chi connectivity index (χ4n) is 1.91. The molecule has 9 heteroatoms. The van der Waals surface area contributed by atoms with E-state index >= 15 is 0 Å². The van der Waals surface area contributed by atoms with E-state index in [0.717, 1.165) is 24.3 Å². The Hall–Kier alpha value is -2.55. The maximum absolute atomic E-state index is 12.9. The van der Waals surface area contributed by atoms with Crippen LogP contribution < -0.4 is 4.18 Å². The van der Waals surface area contributed by atoms with Crippen molar-refractivity contribution < 1.29 is 35.3 Å². The maximum Gasteiger partial charge on any atom is 0.420 e. The molecule has 0 aliphatic rings. The first-order valence-electron chi connectivity index (χ1n) is 7.03. The van der Waals surface area contributed by atoms with Gasteiger partial charge in [-0.25, -0.2) is 4.79 Å². The van der Waals surface area contributed by atoms with Gasteiger partial charge in [0.25, 0.3) is 0 Å². The summed E-state index contributed by atoms with van der Waals surface area (Å²) >= 11 is 0. The minimum atomic E-state index is -4.76. The second kappa shape index (κ2) is 7.14. The molecule has 0 bridgehead atoms. The quantitative estimate of drug-likeness (QED) is 0.590. The Morgan fingerprint density at radius 2 is 1.64 bits per heavy atom. The zero-order valence-electron chi connectivity index (χ0n) is 12.9. The average molecular weight is 374 g/mol. The van der Waals surface area contributed by atoms with Gasteiger partial charge in [0, 0.05) is 0 Å². The van der Waals surface area contributed by atoms with Gasteiger partial charge in [0.1, 0.15) is 4.90 Å². The van der Waals surface area contributed by atoms with Crippen LogP contribution in [0.5, 0.6) is 5.75 Å². The molecule has 2 rings (SSSR count). The first kappa shape index (κ1) is 18.8. The standard InChI is InChI=1S/C16H13F3O5S/c1-2-23-15(20)11-7-9-12(10-8-11)25(21,22)24-14-6-4-3-5-13(14)16(17,18)19/h3-10H,2H2,1H3. The molecule has 0 radical (unpaired) electrons. The van der Waals surface area contributed by atoms with Gasteiger partial charge in [-0.2, -0.15) is 21.6 Å². The summed E-state index contributed by atoms with van der Waals surface area (Å²) in [7, 11) is -4.50. The fraction of sp³-hybridized carbons (Fsp3) is 0.188. The number of benzene rings is 2. The lowest BCUT2D eigenvalue weighted by molar-refractivity contribution is -0.138. The molecule has 0 amide bonds.